The van der Waals surface area contributed by atoms with Crippen molar-refractivity contribution in [2.45, 2.75) is 25.9 Å². The van der Waals surface area contributed by atoms with Crippen molar-refractivity contribution in [3.05, 3.63) is 56.7 Å². The molecule has 1 unspecified atom stereocenters. The van der Waals surface area contributed by atoms with Gasteiger partial charge >= 0.3 is 6.03 Å². The Bertz CT molecular complexity index is 913. The zero-order chi connectivity index (χ0) is 19.8. The van der Waals surface area contributed by atoms with Crippen molar-refractivity contribution >= 4 is 40.8 Å². The van der Waals surface area contributed by atoms with Gasteiger partial charge in [-0.3, -0.25) is 14.5 Å². The summed E-state index contributed by atoms with van der Waals surface area (Å²) in [6.45, 7) is 3.61. The van der Waals surface area contributed by atoms with Gasteiger partial charge in [-0.1, -0.05) is 35.9 Å². The molecule has 1 N–H and O–H groups in total. The SMILES string of the molecule is Cc1ccccc1C1(C)NC(=O)N(CC(=O)N(C)Cc2ccc(Cl)s2)C1=O. The first-order valence-corrected chi connectivity index (χ1v) is 9.60. The number of nitrogens with zero attached hydrogens (tertiary/aromatic N) is 2. The number of aryl methyl sites for hydroxylation is 1. The van der Waals surface area contributed by atoms with Crippen LogP contribution in [-0.2, 0) is 21.7 Å². The number of amides is 4. The van der Waals surface area contributed by atoms with Crippen molar-refractivity contribution in [3.8, 4) is 0 Å². The number of nitrogens with one attached hydrogen (secondary N) is 1. The number of thiophene rings is 1. The molecular weight excluding hydrogens is 386 g/mol. The van der Waals surface area contributed by atoms with Gasteiger partial charge in [-0.15, -0.1) is 11.3 Å². The summed E-state index contributed by atoms with van der Waals surface area (Å²) in [6.07, 6.45) is 0. The van der Waals surface area contributed by atoms with E-state index in [0.717, 1.165) is 20.9 Å². The Labute approximate surface area is 166 Å². The molecule has 0 saturated carbocycles. The number of halogens is 1. The number of urea groups is 1. The van der Waals surface area contributed by atoms with Gasteiger partial charge < -0.3 is 10.2 Å². The fourth-order valence-corrected chi connectivity index (χ4v) is 4.31. The molecule has 1 aromatic carbocycles. The van der Waals surface area contributed by atoms with Gasteiger partial charge in [0.2, 0.25) is 5.91 Å². The number of likely N-dealkylation sites (N-methyl/N-ethyl adjacent to an activating group) is 1. The maximum absolute atomic E-state index is 13.0. The van der Waals surface area contributed by atoms with Crippen LogP contribution in [0.5, 0.6) is 0 Å². The molecule has 2 heterocycles. The Balaban J connectivity index is 1.73. The molecule has 1 aromatic heterocycles. The lowest BCUT2D eigenvalue weighted by molar-refractivity contribution is -0.138. The lowest BCUT2D eigenvalue weighted by Gasteiger charge is -2.24. The third-order valence-corrected chi connectivity index (χ3v) is 5.92. The monoisotopic (exact) mass is 405 g/mol. The van der Waals surface area contributed by atoms with Crippen LogP contribution in [0.1, 0.15) is 22.9 Å². The highest BCUT2D eigenvalue weighted by molar-refractivity contribution is 7.16. The Kier molecular flexibility index (Phi) is 5.26. The van der Waals surface area contributed by atoms with Crippen molar-refractivity contribution in [3.63, 3.8) is 0 Å². The maximum Gasteiger partial charge on any atom is 0.325 e. The van der Waals surface area contributed by atoms with Gasteiger partial charge in [-0.2, -0.15) is 0 Å². The summed E-state index contributed by atoms with van der Waals surface area (Å²) in [4.78, 5) is 41.3. The van der Waals surface area contributed by atoms with Crippen LogP contribution >= 0.6 is 22.9 Å². The number of hydrogen-bond acceptors (Lipinski definition) is 4. The average Bonchev–Trinajstić information content (AvgIpc) is 3.11. The van der Waals surface area contributed by atoms with E-state index in [1.165, 1.54) is 16.2 Å². The van der Waals surface area contributed by atoms with Crippen LogP contribution in [0.2, 0.25) is 4.34 Å². The van der Waals surface area contributed by atoms with Gasteiger partial charge in [0.25, 0.3) is 5.91 Å². The van der Waals surface area contributed by atoms with E-state index in [1.54, 1.807) is 20.0 Å². The van der Waals surface area contributed by atoms with Crippen LogP contribution < -0.4 is 5.32 Å². The van der Waals surface area contributed by atoms with Gasteiger partial charge in [0.15, 0.2) is 0 Å². The molecule has 1 fully saturated rings. The number of carbonyl (C=O) groups excluding carboxylic acids is 3. The fourth-order valence-electron chi connectivity index (χ4n) is 3.17. The minimum Gasteiger partial charge on any atom is -0.339 e. The van der Waals surface area contributed by atoms with Gasteiger partial charge in [-0.25, -0.2) is 4.79 Å². The molecular formula is C19H20ClN3O3S. The van der Waals surface area contributed by atoms with Crippen molar-refractivity contribution in [2.24, 2.45) is 0 Å². The predicted molar refractivity (Wildman–Crippen MR) is 105 cm³/mol. The van der Waals surface area contributed by atoms with Crippen LogP contribution in [0.4, 0.5) is 4.79 Å². The highest BCUT2D eigenvalue weighted by Gasteiger charge is 2.50. The van der Waals surface area contributed by atoms with Gasteiger partial charge in [0.1, 0.15) is 12.1 Å². The minimum absolute atomic E-state index is 0.304. The highest BCUT2D eigenvalue weighted by Crippen LogP contribution is 2.31. The maximum atomic E-state index is 13.0. The fraction of sp³-hybridized carbons (Fsp3) is 0.316. The predicted octanol–water partition coefficient (Wildman–Crippen LogP) is 3.14. The molecule has 0 radical (unpaired) electrons. The molecule has 1 atom stereocenters. The van der Waals surface area contributed by atoms with E-state index in [0.29, 0.717) is 10.9 Å². The lowest BCUT2D eigenvalue weighted by atomic mass is 9.88. The normalized spacial score (nSPS) is 19.3. The van der Waals surface area contributed by atoms with Gasteiger partial charge in [0, 0.05) is 11.9 Å². The second kappa shape index (κ2) is 7.32. The minimum atomic E-state index is -1.18. The van der Waals surface area contributed by atoms with Gasteiger partial charge in [0.05, 0.1) is 10.9 Å². The summed E-state index contributed by atoms with van der Waals surface area (Å²) in [7, 11) is 1.63. The molecule has 1 aliphatic heterocycles. The molecule has 3 rings (SSSR count). The zero-order valence-corrected chi connectivity index (χ0v) is 16.9. The number of imide groups is 1. The van der Waals surface area contributed by atoms with Crippen molar-refractivity contribution in [2.75, 3.05) is 13.6 Å². The summed E-state index contributed by atoms with van der Waals surface area (Å²) >= 11 is 7.30. The van der Waals surface area contributed by atoms with Crippen molar-refractivity contribution in [1.82, 2.24) is 15.1 Å². The lowest BCUT2D eigenvalue weighted by Crippen LogP contribution is -2.43. The molecule has 0 bridgehead atoms. The van der Waals surface area contributed by atoms with Gasteiger partial charge in [-0.05, 0) is 37.1 Å². The summed E-state index contributed by atoms with van der Waals surface area (Å²) in [6, 6.07) is 10.4. The molecule has 0 aliphatic carbocycles. The molecule has 8 heteroatoms. The van der Waals surface area contributed by atoms with E-state index in [2.05, 4.69) is 5.32 Å². The van der Waals surface area contributed by atoms with E-state index in [4.69, 9.17) is 11.6 Å². The molecule has 6 nitrogen and oxygen atoms in total. The second-order valence-corrected chi connectivity index (χ2v) is 8.52. The van der Waals surface area contributed by atoms with Crippen LogP contribution in [0, 0.1) is 6.92 Å². The van der Waals surface area contributed by atoms with E-state index in [1.807, 2.05) is 37.3 Å². The first-order chi connectivity index (χ1) is 12.7. The zero-order valence-electron chi connectivity index (χ0n) is 15.3. The molecule has 1 saturated heterocycles. The third kappa shape index (κ3) is 3.70. The second-order valence-electron chi connectivity index (χ2n) is 6.72. The van der Waals surface area contributed by atoms with Crippen LogP contribution in [-0.4, -0.2) is 41.2 Å². The Morgan fingerprint density at radius 1 is 1.26 bits per heavy atom. The molecule has 0 spiro atoms. The van der Waals surface area contributed by atoms with E-state index in [-0.39, 0.29) is 12.5 Å². The first-order valence-electron chi connectivity index (χ1n) is 8.41. The summed E-state index contributed by atoms with van der Waals surface area (Å²) in [5, 5.41) is 2.74. The highest BCUT2D eigenvalue weighted by atomic mass is 35.5. The standard InChI is InChI=1S/C19H20ClN3O3S/c1-12-6-4-5-7-14(12)19(2)17(25)23(18(26)21-19)11-16(24)22(3)10-13-8-9-15(20)27-13/h4-9H,10-11H2,1-3H3,(H,21,26). The quantitative estimate of drug-likeness (QED) is 0.777. The number of hydrogen-bond donors (Lipinski definition) is 1. The summed E-state index contributed by atoms with van der Waals surface area (Å²) in [5.41, 5.74) is 0.441. The average molecular weight is 406 g/mol. The Morgan fingerprint density at radius 2 is 1.96 bits per heavy atom. The topological polar surface area (TPSA) is 69.7 Å². The molecule has 2 aromatic rings. The summed E-state index contributed by atoms with van der Waals surface area (Å²) in [5.74, 6) is -0.750. The van der Waals surface area contributed by atoms with Crippen molar-refractivity contribution in [1.29, 1.82) is 0 Å². The Hall–Kier alpha value is -2.38. The molecule has 142 valence electrons. The van der Waals surface area contributed by atoms with Crippen molar-refractivity contribution < 1.29 is 14.4 Å². The molecule has 4 amide bonds. The first kappa shape index (κ1) is 19.4. The molecule has 1 aliphatic rings. The Morgan fingerprint density at radius 3 is 2.59 bits per heavy atom. The molecule has 27 heavy (non-hydrogen) atoms. The summed E-state index contributed by atoms with van der Waals surface area (Å²) < 4.78 is 0.647. The van der Waals surface area contributed by atoms with E-state index < -0.39 is 17.5 Å². The van der Waals surface area contributed by atoms with Crippen LogP contribution in [0.3, 0.4) is 0 Å². The van der Waals surface area contributed by atoms with E-state index in [9.17, 15) is 14.4 Å². The number of benzene rings is 1. The third-order valence-electron chi connectivity index (χ3n) is 4.70. The number of carbonyl (C=O) groups is 3. The van der Waals surface area contributed by atoms with Crippen LogP contribution in [0.15, 0.2) is 36.4 Å². The smallest absolute Gasteiger partial charge is 0.325 e. The largest absolute Gasteiger partial charge is 0.339 e. The number of rotatable bonds is 5. The van der Waals surface area contributed by atoms with E-state index >= 15 is 0 Å². The van der Waals surface area contributed by atoms with Crippen LogP contribution in [0.25, 0.3) is 0 Å².